The first-order chi connectivity index (χ1) is 11.8. The fraction of sp³-hybridized carbons (Fsp3) is 0.500. The van der Waals surface area contributed by atoms with Gasteiger partial charge in [0.15, 0.2) is 0 Å². The Balaban J connectivity index is 2.01. The third kappa shape index (κ3) is 4.79. The maximum Gasteiger partial charge on any atom is 0.239 e. The number of nitrogens with one attached hydrogen (secondary N) is 3. The molecule has 1 aromatic heterocycles. The van der Waals surface area contributed by atoms with Gasteiger partial charge in [0, 0.05) is 0 Å². The SMILES string of the molecule is CC(C)C(NC(=O)CNC(=O)[C@@H](N)C(C)C)c1nc2ccccc2[nH]1. The molecule has 1 unspecified atom stereocenters. The van der Waals surface area contributed by atoms with E-state index in [1.54, 1.807) is 0 Å². The molecule has 0 bridgehead atoms. The van der Waals surface area contributed by atoms with Crippen LogP contribution in [0.4, 0.5) is 0 Å². The van der Waals surface area contributed by atoms with Crippen molar-refractivity contribution in [2.45, 2.75) is 39.8 Å². The molecular formula is C18H27N5O2. The minimum absolute atomic E-state index is 0.0158. The van der Waals surface area contributed by atoms with Gasteiger partial charge >= 0.3 is 0 Å². The third-order valence-electron chi connectivity index (χ3n) is 4.13. The minimum atomic E-state index is -0.621. The number of para-hydroxylation sites is 2. The van der Waals surface area contributed by atoms with Crippen molar-refractivity contribution in [3.63, 3.8) is 0 Å². The quantitative estimate of drug-likeness (QED) is 0.608. The number of carbonyl (C=O) groups excluding carboxylic acids is 2. The van der Waals surface area contributed by atoms with E-state index in [4.69, 9.17) is 5.73 Å². The number of aromatic amines is 1. The molecule has 1 aromatic carbocycles. The second kappa shape index (κ2) is 8.11. The highest BCUT2D eigenvalue weighted by molar-refractivity contribution is 5.87. The largest absolute Gasteiger partial charge is 0.346 e. The van der Waals surface area contributed by atoms with Crippen LogP contribution >= 0.6 is 0 Å². The van der Waals surface area contributed by atoms with Crippen LogP contribution in [-0.2, 0) is 9.59 Å². The first kappa shape index (κ1) is 18.9. The smallest absolute Gasteiger partial charge is 0.239 e. The lowest BCUT2D eigenvalue weighted by molar-refractivity contribution is -0.127. The molecule has 136 valence electrons. The van der Waals surface area contributed by atoms with Crippen LogP contribution in [0.5, 0.6) is 0 Å². The van der Waals surface area contributed by atoms with Crippen LogP contribution in [0, 0.1) is 11.8 Å². The normalized spacial score (nSPS) is 13.9. The molecule has 2 amide bonds. The average Bonchev–Trinajstić information content (AvgIpc) is 2.99. The number of nitrogens with zero attached hydrogens (tertiary/aromatic N) is 1. The zero-order chi connectivity index (χ0) is 18.6. The van der Waals surface area contributed by atoms with E-state index in [1.165, 1.54) is 0 Å². The van der Waals surface area contributed by atoms with E-state index in [0.29, 0.717) is 5.82 Å². The van der Waals surface area contributed by atoms with E-state index >= 15 is 0 Å². The number of amides is 2. The van der Waals surface area contributed by atoms with Crippen molar-refractivity contribution in [3.05, 3.63) is 30.1 Å². The van der Waals surface area contributed by atoms with Gasteiger partial charge in [-0.1, -0.05) is 39.8 Å². The van der Waals surface area contributed by atoms with Crippen LogP contribution in [-0.4, -0.2) is 34.4 Å². The Bertz CT molecular complexity index is 705. The van der Waals surface area contributed by atoms with Crippen molar-refractivity contribution >= 4 is 22.8 Å². The number of benzene rings is 1. The Morgan fingerprint density at radius 1 is 1.16 bits per heavy atom. The molecular weight excluding hydrogens is 318 g/mol. The van der Waals surface area contributed by atoms with E-state index in [1.807, 2.05) is 52.0 Å². The molecule has 2 rings (SSSR count). The molecule has 7 heteroatoms. The van der Waals surface area contributed by atoms with Crippen molar-refractivity contribution in [1.29, 1.82) is 0 Å². The maximum absolute atomic E-state index is 12.2. The fourth-order valence-corrected chi connectivity index (χ4v) is 2.48. The lowest BCUT2D eigenvalue weighted by atomic mass is 10.0. The molecule has 7 nitrogen and oxygen atoms in total. The monoisotopic (exact) mass is 345 g/mol. The molecule has 0 aliphatic heterocycles. The molecule has 0 spiro atoms. The van der Waals surface area contributed by atoms with Gasteiger partial charge in [0.25, 0.3) is 0 Å². The number of imidazole rings is 1. The number of hydrogen-bond acceptors (Lipinski definition) is 4. The Labute approximate surface area is 147 Å². The van der Waals surface area contributed by atoms with Crippen LogP contribution in [0.3, 0.4) is 0 Å². The Kier molecular flexibility index (Phi) is 6.14. The number of aromatic nitrogens is 2. The summed E-state index contributed by atoms with van der Waals surface area (Å²) in [5.74, 6) is 0.258. The van der Waals surface area contributed by atoms with Gasteiger partial charge in [-0.3, -0.25) is 9.59 Å². The van der Waals surface area contributed by atoms with Crippen molar-refractivity contribution in [1.82, 2.24) is 20.6 Å². The molecule has 2 aromatic rings. The number of nitrogens with two attached hydrogens (primary N) is 1. The van der Waals surface area contributed by atoms with Gasteiger partial charge < -0.3 is 21.4 Å². The number of rotatable bonds is 7. The van der Waals surface area contributed by atoms with Crippen LogP contribution in [0.2, 0.25) is 0 Å². The second-order valence-corrected chi connectivity index (χ2v) is 6.92. The molecule has 2 atom stereocenters. The number of hydrogen-bond donors (Lipinski definition) is 4. The van der Waals surface area contributed by atoms with Gasteiger partial charge in [-0.2, -0.15) is 0 Å². The Morgan fingerprint density at radius 3 is 2.44 bits per heavy atom. The molecule has 0 aliphatic rings. The van der Waals surface area contributed by atoms with Crippen molar-refractivity contribution in [2.24, 2.45) is 17.6 Å². The summed E-state index contributed by atoms with van der Waals surface area (Å²) >= 11 is 0. The fourth-order valence-electron chi connectivity index (χ4n) is 2.48. The first-order valence-electron chi connectivity index (χ1n) is 8.57. The lowest BCUT2D eigenvalue weighted by Crippen LogP contribution is -2.47. The molecule has 25 heavy (non-hydrogen) atoms. The van der Waals surface area contributed by atoms with Crippen LogP contribution in [0.15, 0.2) is 24.3 Å². The van der Waals surface area contributed by atoms with Gasteiger partial charge in [0.1, 0.15) is 5.82 Å². The molecule has 0 saturated carbocycles. The Morgan fingerprint density at radius 2 is 1.84 bits per heavy atom. The zero-order valence-electron chi connectivity index (χ0n) is 15.2. The van der Waals surface area contributed by atoms with Crippen LogP contribution in [0.25, 0.3) is 11.0 Å². The molecule has 0 radical (unpaired) electrons. The van der Waals surface area contributed by atoms with Gasteiger partial charge in [-0.25, -0.2) is 4.98 Å². The highest BCUT2D eigenvalue weighted by Crippen LogP contribution is 2.21. The van der Waals surface area contributed by atoms with E-state index < -0.39 is 6.04 Å². The van der Waals surface area contributed by atoms with Crippen LogP contribution in [0.1, 0.15) is 39.6 Å². The summed E-state index contributed by atoms with van der Waals surface area (Å²) in [5.41, 5.74) is 7.55. The van der Waals surface area contributed by atoms with Gasteiger partial charge in [0.05, 0.1) is 29.7 Å². The summed E-state index contributed by atoms with van der Waals surface area (Å²) in [6, 6.07) is 6.82. The summed E-state index contributed by atoms with van der Waals surface area (Å²) < 4.78 is 0. The summed E-state index contributed by atoms with van der Waals surface area (Å²) in [5, 5.41) is 5.51. The van der Waals surface area contributed by atoms with Crippen molar-refractivity contribution in [3.8, 4) is 0 Å². The molecule has 0 saturated heterocycles. The molecule has 1 heterocycles. The minimum Gasteiger partial charge on any atom is -0.346 e. The predicted molar refractivity (Wildman–Crippen MR) is 97.6 cm³/mol. The predicted octanol–water partition coefficient (Wildman–Crippen LogP) is 1.48. The summed E-state index contributed by atoms with van der Waals surface area (Å²) in [4.78, 5) is 31.9. The maximum atomic E-state index is 12.2. The molecule has 0 fully saturated rings. The third-order valence-corrected chi connectivity index (χ3v) is 4.13. The lowest BCUT2D eigenvalue weighted by Gasteiger charge is -2.21. The van der Waals surface area contributed by atoms with Crippen LogP contribution < -0.4 is 16.4 Å². The van der Waals surface area contributed by atoms with Gasteiger partial charge in [-0.15, -0.1) is 0 Å². The van der Waals surface area contributed by atoms with E-state index in [-0.39, 0.29) is 36.2 Å². The van der Waals surface area contributed by atoms with E-state index in [2.05, 4.69) is 20.6 Å². The van der Waals surface area contributed by atoms with Gasteiger partial charge in [0.2, 0.25) is 11.8 Å². The highest BCUT2D eigenvalue weighted by Gasteiger charge is 2.23. The first-order valence-corrected chi connectivity index (χ1v) is 8.57. The Hall–Kier alpha value is -2.41. The summed E-state index contributed by atoms with van der Waals surface area (Å²) in [6.45, 7) is 7.63. The molecule has 0 aliphatic carbocycles. The summed E-state index contributed by atoms with van der Waals surface area (Å²) in [6.07, 6.45) is 0. The number of carbonyl (C=O) groups is 2. The van der Waals surface area contributed by atoms with Crippen molar-refractivity contribution < 1.29 is 9.59 Å². The zero-order valence-corrected chi connectivity index (χ0v) is 15.2. The highest BCUT2D eigenvalue weighted by atomic mass is 16.2. The van der Waals surface area contributed by atoms with Crippen molar-refractivity contribution in [2.75, 3.05) is 6.54 Å². The standard InChI is InChI=1S/C18H27N5O2/c1-10(2)15(19)18(25)20-9-14(24)23-16(11(3)4)17-21-12-7-5-6-8-13(12)22-17/h5-8,10-11,15-16H,9,19H2,1-4H3,(H,20,25)(H,21,22)(H,23,24)/t15-,16?/m0/s1. The van der Waals surface area contributed by atoms with Gasteiger partial charge in [-0.05, 0) is 24.0 Å². The second-order valence-electron chi connectivity index (χ2n) is 6.92. The number of H-pyrrole nitrogens is 1. The summed E-state index contributed by atoms with van der Waals surface area (Å²) in [7, 11) is 0. The topological polar surface area (TPSA) is 113 Å². The van der Waals surface area contributed by atoms with E-state index in [0.717, 1.165) is 11.0 Å². The van der Waals surface area contributed by atoms with E-state index in [9.17, 15) is 9.59 Å². The molecule has 5 N–H and O–H groups in total. The average molecular weight is 345 g/mol. The number of fused-ring (bicyclic) bond motifs is 1.